The summed E-state index contributed by atoms with van der Waals surface area (Å²) in [6.45, 7) is 0.601. The van der Waals surface area contributed by atoms with Gasteiger partial charge in [0.2, 0.25) is 0 Å². The van der Waals surface area contributed by atoms with Gasteiger partial charge in [-0.2, -0.15) is 18.3 Å². The van der Waals surface area contributed by atoms with Crippen molar-refractivity contribution in [3.63, 3.8) is 0 Å². The number of fused-ring (bicyclic) bond motifs is 1. The molecule has 0 aliphatic heterocycles. The lowest BCUT2D eigenvalue weighted by Crippen LogP contribution is -2.30. The summed E-state index contributed by atoms with van der Waals surface area (Å²) in [7, 11) is 0. The molecule has 2 N–H and O–H groups in total. The van der Waals surface area contributed by atoms with Gasteiger partial charge in [0, 0.05) is 36.4 Å². The number of benzene rings is 1. The van der Waals surface area contributed by atoms with Crippen LogP contribution in [-0.2, 0) is 12.7 Å². The van der Waals surface area contributed by atoms with Gasteiger partial charge in [0.1, 0.15) is 23.4 Å². The summed E-state index contributed by atoms with van der Waals surface area (Å²) in [6.07, 6.45) is -7.26. The first-order chi connectivity index (χ1) is 18.8. The number of aromatic amines is 1. The fourth-order valence-electron chi connectivity index (χ4n) is 4.05. The number of H-pyrrole nitrogens is 1. The summed E-state index contributed by atoms with van der Waals surface area (Å²) >= 11 is 0. The van der Waals surface area contributed by atoms with E-state index < -0.39 is 82.7 Å². The molecular formula is C24H18F8N6O2. The highest BCUT2D eigenvalue weighted by Crippen LogP contribution is 2.32. The lowest BCUT2D eigenvalue weighted by molar-refractivity contribution is -0.138. The Kier molecular flexibility index (Phi) is 7.88. The Labute approximate surface area is 218 Å². The van der Waals surface area contributed by atoms with Gasteiger partial charge in [0.15, 0.2) is 5.82 Å². The average molecular weight is 574 g/mol. The van der Waals surface area contributed by atoms with E-state index in [4.69, 9.17) is 0 Å². The third kappa shape index (κ3) is 5.94. The largest absolute Gasteiger partial charge is 0.423 e. The fourth-order valence-corrected chi connectivity index (χ4v) is 4.05. The van der Waals surface area contributed by atoms with Crippen LogP contribution < -0.4 is 16.4 Å². The molecule has 0 aliphatic rings. The minimum Gasteiger partial charge on any atom is -0.381 e. The Hall–Kier alpha value is -4.37. The first-order valence-electron chi connectivity index (χ1n) is 11.4. The number of aromatic nitrogens is 5. The van der Waals surface area contributed by atoms with Crippen molar-refractivity contribution < 1.29 is 35.1 Å². The molecule has 0 amide bonds. The summed E-state index contributed by atoms with van der Waals surface area (Å²) in [6, 6.07) is 0.625. The van der Waals surface area contributed by atoms with Crippen molar-refractivity contribution in [3.8, 4) is 11.4 Å². The van der Waals surface area contributed by atoms with Gasteiger partial charge in [0.25, 0.3) is 17.5 Å². The molecule has 0 bridgehead atoms. The molecule has 2 atom stereocenters. The SMILES string of the molecule is C[C@@H](C[C@H](F)Cn1cc(F)c2cc(-c3ncc(C(F)F)cn3)c(F)cc2c1=O)Nc1cn[nH]c(=O)c1C(F)(F)F. The molecule has 0 spiro atoms. The van der Waals surface area contributed by atoms with E-state index in [1.54, 1.807) is 5.10 Å². The lowest BCUT2D eigenvalue weighted by atomic mass is 10.1. The van der Waals surface area contributed by atoms with Gasteiger partial charge in [-0.15, -0.1) is 0 Å². The Morgan fingerprint density at radius 2 is 1.68 bits per heavy atom. The number of nitrogens with one attached hydrogen (secondary N) is 2. The van der Waals surface area contributed by atoms with Crippen LogP contribution in [0, 0.1) is 11.6 Å². The predicted octanol–water partition coefficient (Wildman–Crippen LogP) is 5.01. The van der Waals surface area contributed by atoms with Crippen LogP contribution in [0.15, 0.2) is 46.5 Å². The third-order valence-electron chi connectivity index (χ3n) is 5.84. The molecule has 4 rings (SSSR count). The number of alkyl halides is 6. The summed E-state index contributed by atoms with van der Waals surface area (Å²) < 4.78 is 110. The van der Waals surface area contributed by atoms with Crippen LogP contribution in [0.3, 0.4) is 0 Å². The second kappa shape index (κ2) is 11.0. The molecule has 0 fully saturated rings. The van der Waals surface area contributed by atoms with Gasteiger partial charge in [-0.3, -0.25) is 9.59 Å². The molecule has 16 heteroatoms. The van der Waals surface area contributed by atoms with E-state index in [1.165, 1.54) is 6.92 Å². The van der Waals surface area contributed by atoms with Crippen LogP contribution in [0.1, 0.15) is 30.9 Å². The van der Waals surface area contributed by atoms with E-state index in [-0.39, 0.29) is 16.8 Å². The van der Waals surface area contributed by atoms with Gasteiger partial charge in [0.05, 0.1) is 34.9 Å². The number of anilines is 1. The van der Waals surface area contributed by atoms with Gasteiger partial charge in [-0.05, 0) is 19.1 Å². The maximum absolute atomic E-state index is 14.9. The summed E-state index contributed by atoms with van der Waals surface area (Å²) in [5, 5.41) is 6.53. The number of nitrogens with zero attached hydrogens (tertiary/aromatic N) is 4. The zero-order valence-electron chi connectivity index (χ0n) is 20.2. The summed E-state index contributed by atoms with van der Waals surface area (Å²) in [5.74, 6) is -2.43. The van der Waals surface area contributed by atoms with E-state index in [0.717, 1.165) is 24.7 Å². The smallest absolute Gasteiger partial charge is 0.381 e. The van der Waals surface area contributed by atoms with Gasteiger partial charge in [-0.25, -0.2) is 37.0 Å². The number of halogens is 8. The molecule has 40 heavy (non-hydrogen) atoms. The highest BCUT2D eigenvalue weighted by molar-refractivity contribution is 5.86. The van der Waals surface area contributed by atoms with E-state index in [1.807, 2.05) is 0 Å². The Morgan fingerprint density at radius 1 is 1.00 bits per heavy atom. The van der Waals surface area contributed by atoms with Crippen molar-refractivity contribution in [1.29, 1.82) is 0 Å². The predicted molar refractivity (Wildman–Crippen MR) is 127 cm³/mol. The zero-order chi connectivity index (χ0) is 29.4. The standard InChI is InChI=1S/C24H18F8N6O2/c1-10(36-18-7-35-37-22(39)19(18)24(30,31)32)2-12(25)8-38-9-17(27)13-3-15(16(26)4-14(13)23(38)40)21-33-5-11(6-34-21)20(28)29/h3-7,9-10,12,20H,2,8H2,1H3,(H2,36,37,39)/t10-,12-/m0/s1. The molecule has 0 unspecified atom stereocenters. The van der Waals surface area contributed by atoms with E-state index in [0.29, 0.717) is 16.8 Å². The molecule has 0 saturated heterocycles. The van der Waals surface area contributed by atoms with Crippen molar-refractivity contribution in [2.45, 2.75) is 44.7 Å². The maximum atomic E-state index is 14.9. The van der Waals surface area contributed by atoms with E-state index >= 15 is 0 Å². The molecule has 3 heterocycles. The number of hydrogen-bond donors (Lipinski definition) is 2. The molecule has 0 radical (unpaired) electrons. The van der Waals surface area contributed by atoms with E-state index in [2.05, 4.69) is 20.4 Å². The molecule has 3 aromatic heterocycles. The molecule has 0 saturated carbocycles. The van der Waals surface area contributed by atoms with Crippen LogP contribution in [0.4, 0.5) is 40.8 Å². The number of rotatable bonds is 8. The van der Waals surface area contributed by atoms with E-state index in [9.17, 15) is 44.7 Å². The van der Waals surface area contributed by atoms with Crippen LogP contribution in [0.25, 0.3) is 22.2 Å². The van der Waals surface area contributed by atoms with Crippen LogP contribution in [-0.4, -0.2) is 36.9 Å². The zero-order valence-corrected chi connectivity index (χ0v) is 20.2. The molecule has 212 valence electrons. The monoisotopic (exact) mass is 574 g/mol. The molecular weight excluding hydrogens is 556 g/mol. The number of hydrogen-bond acceptors (Lipinski definition) is 6. The average Bonchev–Trinajstić information content (AvgIpc) is 2.86. The van der Waals surface area contributed by atoms with Gasteiger partial charge in [-0.1, -0.05) is 0 Å². The van der Waals surface area contributed by atoms with Crippen molar-refractivity contribution in [2.24, 2.45) is 0 Å². The van der Waals surface area contributed by atoms with Crippen molar-refractivity contribution in [2.75, 3.05) is 5.32 Å². The second-order valence-corrected chi connectivity index (χ2v) is 8.82. The Morgan fingerprint density at radius 3 is 2.30 bits per heavy atom. The maximum Gasteiger partial charge on any atom is 0.423 e. The highest BCUT2D eigenvalue weighted by Gasteiger charge is 2.37. The van der Waals surface area contributed by atoms with Crippen molar-refractivity contribution in [3.05, 3.63) is 80.4 Å². The molecule has 0 aliphatic carbocycles. The highest BCUT2D eigenvalue weighted by atomic mass is 19.4. The van der Waals surface area contributed by atoms with Crippen LogP contribution in [0.2, 0.25) is 0 Å². The Bertz CT molecular complexity index is 1650. The van der Waals surface area contributed by atoms with Crippen molar-refractivity contribution >= 4 is 16.5 Å². The van der Waals surface area contributed by atoms with Crippen LogP contribution >= 0.6 is 0 Å². The first kappa shape index (κ1) is 28.6. The normalized spacial score (nSPS) is 13.6. The first-order valence-corrected chi connectivity index (χ1v) is 11.4. The molecule has 4 aromatic rings. The summed E-state index contributed by atoms with van der Waals surface area (Å²) in [5.41, 5.74) is -5.55. The van der Waals surface area contributed by atoms with Gasteiger partial charge < -0.3 is 9.88 Å². The minimum absolute atomic E-state index is 0.332. The third-order valence-corrected chi connectivity index (χ3v) is 5.84. The fraction of sp³-hybridized carbons (Fsp3) is 0.292. The second-order valence-electron chi connectivity index (χ2n) is 8.82. The van der Waals surface area contributed by atoms with Crippen LogP contribution in [0.5, 0.6) is 0 Å². The van der Waals surface area contributed by atoms with Gasteiger partial charge >= 0.3 is 6.18 Å². The Balaban J connectivity index is 1.55. The topological polar surface area (TPSA) is 106 Å². The van der Waals surface area contributed by atoms with Crippen molar-refractivity contribution in [1.82, 2.24) is 24.7 Å². The summed E-state index contributed by atoms with van der Waals surface area (Å²) in [4.78, 5) is 31.8. The quantitative estimate of drug-likeness (QED) is 0.287. The molecule has 1 aromatic carbocycles. The number of pyridine rings is 1. The minimum atomic E-state index is -5.01. The molecule has 8 nitrogen and oxygen atoms in total. The lowest BCUT2D eigenvalue weighted by Gasteiger charge is -2.20.